The van der Waals surface area contributed by atoms with Crippen molar-refractivity contribution in [2.24, 2.45) is 23.7 Å². The highest BCUT2D eigenvalue weighted by molar-refractivity contribution is 5.05. The van der Waals surface area contributed by atoms with Gasteiger partial charge in [0.2, 0.25) is 0 Å². The summed E-state index contributed by atoms with van der Waals surface area (Å²) in [5.74, 6) is 3.89. The summed E-state index contributed by atoms with van der Waals surface area (Å²) in [5.41, 5.74) is 0.243. The van der Waals surface area contributed by atoms with Gasteiger partial charge in [0.15, 0.2) is 0 Å². The first-order chi connectivity index (χ1) is 6.22. The molecule has 0 heterocycles. The third-order valence-electron chi connectivity index (χ3n) is 5.20. The van der Waals surface area contributed by atoms with E-state index in [2.05, 4.69) is 6.92 Å². The molecule has 0 unspecified atom stereocenters. The molecule has 1 nitrogen and oxygen atoms in total. The van der Waals surface area contributed by atoms with Crippen LogP contribution in [0.2, 0.25) is 0 Å². The van der Waals surface area contributed by atoms with E-state index in [1.165, 1.54) is 32.1 Å². The molecule has 4 aliphatic rings. The molecule has 4 aliphatic carbocycles. The van der Waals surface area contributed by atoms with Gasteiger partial charge in [-0.1, -0.05) is 7.43 Å². The Morgan fingerprint density at radius 2 is 1.36 bits per heavy atom. The molecule has 0 aliphatic heterocycles. The van der Waals surface area contributed by atoms with Crippen LogP contribution in [0.4, 0.5) is 0 Å². The summed E-state index contributed by atoms with van der Waals surface area (Å²) in [6, 6.07) is 0. The van der Waals surface area contributed by atoms with Crippen molar-refractivity contribution in [3.8, 4) is 0 Å². The summed E-state index contributed by atoms with van der Waals surface area (Å²) in [6.07, 6.45) is 7.36. The summed E-state index contributed by atoms with van der Waals surface area (Å²) in [5, 5.41) is 0. The standard InChI is InChI=1S/C12H20O.CH4/c1-12(13-2)10-4-8-3-9(6-10)7-11(12)5-8;/h8-11H,3-7H2,1-2H3;1H4. The molecule has 1 heteroatoms. The molecule has 82 valence electrons. The predicted octanol–water partition coefficient (Wildman–Crippen LogP) is 3.48. The van der Waals surface area contributed by atoms with Crippen LogP contribution < -0.4 is 0 Å². The van der Waals surface area contributed by atoms with Crippen LogP contribution in [0.15, 0.2) is 0 Å². The molecule has 4 bridgehead atoms. The maximum atomic E-state index is 5.81. The minimum atomic E-state index is 0. The molecular formula is C13H24O. The van der Waals surface area contributed by atoms with E-state index >= 15 is 0 Å². The lowest BCUT2D eigenvalue weighted by Gasteiger charge is -2.59. The van der Waals surface area contributed by atoms with Gasteiger partial charge in [-0.25, -0.2) is 0 Å². The van der Waals surface area contributed by atoms with Crippen molar-refractivity contribution in [1.29, 1.82) is 0 Å². The molecule has 4 rings (SSSR count). The molecule has 0 saturated heterocycles. The minimum Gasteiger partial charge on any atom is -0.378 e. The van der Waals surface area contributed by atoms with Crippen molar-refractivity contribution in [3.05, 3.63) is 0 Å². The second-order valence-electron chi connectivity index (χ2n) is 5.69. The van der Waals surface area contributed by atoms with Gasteiger partial charge in [0.25, 0.3) is 0 Å². The lowest BCUT2D eigenvalue weighted by Crippen LogP contribution is -2.56. The van der Waals surface area contributed by atoms with Gasteiger partial charge in [0.1, 0.15) is 0 Å². The van der Waals surface area contributed by atoms with E-state index in [0.29, 0.717) is 0 Å². The predicted molar refractivity (Wildman–Crippen MR) is 59.2 cm³/mol. The van der Waals surface area contributed by atoms with Crippen LogP contribution in [0.3, 0.4) is 0 Å². The first-order valence-electron chi connectivity index (χ1n) is 5.77. The molecule has 0 radical (unpaired) electrons. The van der Waals surface area contributed by atoms with Crippen molar-refractivity contribution in [2.75, 3.05) is 7.11 Å². The fourth-order valence-electron chi connectivity index (χ4n) is 4.45. The molecule has 4 saturated carbocycles. The second kappa shape index (κ2) is 3.23. The van der Waals surface area contributed by atoms with Gasteiger partial charge in [-0.2, -0.15) is 0 Å². The average Bonchev–Trinajstić information content (AvgIpc) is 2.13. The topological polar surface area (TPSA) is 9.23 Å². The number of hydrogen-bond acceptors (Lipinski definition) is 1. The van der Waals surface area contributed by atoms with Gasteiger partial charge in [0.05, 0.1) is 5.60 Å². The van der Waals surface area contributed by atoms with Crippen LogP contribution in [0.25, 0.3) is 0 Å². The first-order valence-corrected chi connectivity index (χ1v) is 5.77. The second-order valence-corrected chi connectivity index (χ2v) is 5.69. The summed E-state index contributed by atoms with van der Waals surface area (Å²) in [6.45, 7) is 2.36. The van der Waals surface area contributed by atoms with Crippen LogP contribution in [0, 0.1) is 23.7 Å². The highest BCUT2D eigenvalue weighted by Crippen LogP contribution is 2.59. The Morgan fingerprint density at radius 1 is 0.929 bits per heavy atom. The van der Waals surface area contributed by atoms with Gasteiger partial charge in [-0.3, -0.25) is 0 Å². The van der Waals surface area contributed by atoms with E-state index in [-0.39, 0.29) is 13.0 Å². The smallest absolute Gasteiger partial charge is 0.0707 e. The van der Waals surface area contributed by atoms with Gasteiger partial charge >= 0.3 is 0 Å². The molecule has 0 aromatic carbocycles. The van der Waals surface area contributed by atoms with Crippen molar-refractivity contribution in [3.63, 3.8) is 0 Å². The fraction of sp³-hybridized carbons (Fsp3) is 1.00. The van der Waals surface area contributed by atoms with Gasteiger partial charge in [0, 0.05) is 7.11 Å². The summed E-state index contributed by atoms with van der Waals surface area (Å²) in [7, 11) is 1.92. The lowest BCUT2D eigenvalue weighted by molar-refractivity contribution is -0.179. The molecule has 0 amide bonds. The number of hydrogen-bond donors (Lipinski definition) is 0. The highest BCUT2D eigenvalue weighted by Gasteiger charge is 2.54. The number of rotatable bonds is 1. The van der Waals surface area contributed by atoms with Crippen molar-refractivity contribution in [2.45, 2.75) is 52.1 Å². The van der Waals surface area contributed by atoms with Crippen LogP contribution in [0.5, 0.6) is 0 Å². The Hall–Kier alpha value is -0.0400. The molecule has 4 fully saturated rings. The van der Waals surface area contributed by atoms with E-state index in [0.717, 1.165) is 23.7 Å². The van der Waals surface area contributed by atoms with E-state index in [1.54, 1.807) is 0 Å². The Bertz CT molecular complexity index is 193. The Balaban J connectivity index is 0.000000750. The van der Waals surface area contributed by atoms with Gasteiger partial charge in [-0.05, 0) is 62.7 Å². The van der Waals surface area contributed by atoms with Gasteiger partial charge < -0.3 is 4.74 Å². The molecular weight excluding hydrogens is 172 g/mol. The highest BCUT2D eigenvalue weighted by atomic mass is 16.5. The summed E-state index contributed by atoms with van der Waals surface area (Å²) >= 11 is 0. The normalized spacial score (nSPS) is 54.4. The van der Waals surface area contributed by atoms with E-state index in [1.807, 2.05) is 7.11 Å². The zero-order valence-electron chi connectivity index (χ0n) is 8.75. The third-order valence-corrected chi connectivity index (χ3v) is 5.20. The SMILES string of the molecule is C.COC1(C)C2CC3CC(C2)CC1C3. The van der Waals surface area contributed by atoms with Crippen LogP contribution in [-0.2, 0) is 4.74 Å². The molecule has 0 N–H and O–H groups in total. The Morgan fingerprint density at radius 3 is 1.71 bits per heavy atom. The molecule has 0 aromatic heterocycles. The zero-order chi connectivity index (χ0) is 9.05. The third kappa shape index (κ3) is 1.18. The maximum absolute atomic E-state index is 5.81. The molecule has 0 atom stereocenters. The maximum Gasteiger partial charge on any atom is 0.0707 e. The van der Waals surface area contributed by atoms with Gasteiger partial charge in [-0.15, -0.1) is 0 Å². The summed E-state index contributed by atoms with van der Waals surface area (Å²) < 4.78 is 5.81. The number of methoxy groups -OCH3 is 1. The summed E-state index contributed by atoms with van der Waals surface area (Å²) in [4.78, 5) is 0. The minimum absolute atomic E-state index is 0. The average molecular weight is 196 g/mol. The van der Waals surface area contributed by atoms with E-state index in [9.17, 15) is 0 Å². The van der Waals surface area contributed by atoms with Crippen LogP contribution in [0.1, 0.15) is 46.5 Å². The van der Waals surface area contributed by atoms with E-state index in [4.69, 9.17) is 4.74 Å². The molecule has 14 heavy (non-hydrogen) atoms. The zero-order valence-corrected chi connectivity index (χ0v) is 8.75. The largest absolute Gasteiger partial charge is 0.378 e. The molecule has 0 spiro atoms. The van der Waals surface area contributed by atoms with E-state index < -0.39 is 0 Å². The van der Waals surface area contributed by atoms with Crippen LogP contribution in [-0.4, -0.2) is 12.7 Å². The van der Waals surface area contributed by atoms with Crippen molar-refractivity contribution < 1.29 is 4.74 Å². The van der Waals surface area contributed by atoms with Crippen molar-refractivity contribution >= 4 is 0 Å². The monoisotopic (exact) mass is 196 g/mol. The Kier molecular flexibility index (Phi) is 2.42. The fourth-order valence-corrected chi connectivity index (χ4v) is 4.45. The lowest BCUT2D eigenvalue weighted by atomic mass is 9.50. The van der Waals surface area contributed by atoms with Crippen molar-refractivity contribution in [1.82, 2.24) is 0 Å². The molecule has 0 aromatic rings. The quantitative estimate of drug-likeness (QED) is 0.624. The van der Waals surface area contributed by atoms with Crippen LogP contribution >= 0.6 is 0 Å². The first kappa shape index (κ1) is 10.5. The number of ether oxygens (including phenoxy) is 1. The Labute approximate surface area is 88.2 Å².